The maximum Gasteiger partial charge on any atom is 0.261 e. The fourth-order valence-corrected chi connectivity index (χ4v) is 5.89. The first-order valence-electron chi connectivity index (χ1n) is 12.1. The molecule has 176 valence electrons. The predicted octanol–water partition coefficient (Wildman–Crippen LogP) is 5.65. The van der Waals surface area contributed by atoms with Crippen LogP contribution in [0.5, 0.6) is 0 Å². The number of para-hydroxylation sites is 1. The van der Waals surface area contributed by atoms with Crippen molar-refractivity contribution in [3.8, 4) is 5.69 Å². The van der Waals surface area contributed by atoms with Crippen molar-refractivity contribution in [2.24, 2.45) is 5.92 Å². The molecule has 5 nitrogen and oxygen atoms in total. The predicted molar refractivity (Wildman–Crippen MR) is 140 cm³/mol. The highest BCUT2D eigenvalue weighted by molar-refractivity contribution is 7.20. The van der Waals surface area contributed by atoms with Gasteiger partial charge in [-0.1, -0.05) is 42.0 Å². The zero-order chi connectivity index (χ0) is 23.7. The van der Waals surface area contributed by atoms with Crippen molar-refractivity contribution < 1.29 is 4.79 Å². The molecule has 1 fully saturated rings. The van der Waals surface area contributed by atoms with Crippen LogP contribution in [0.15, 0.2) is 54.6 Å². The molecule has 4 aromatic rings. The van der Waals surface area contributed by atoms with Crippen LogP contribution >= 0.6 is 11.3 Å². The van der Waals surface area contributed by atoms with Crippen molar-refractivity contribution in [2.75, 3.05) is 19.6 Å². The van der Waals surface area contributed by atoms with Crippen molar-refractivity contribution in [3.05, 3.63) is 81.9 Å². The molecule has 0 aliphatic carbocycles. The molecule has 1 N–H and O–H groups in total. The minimum absolute atomic E-state index is 0.0260. The number of amides is 1. The van der Waals surface area contributed by atoms with E-state index < -0.39 is 0 Å². The summed E-state index contributed by atoms with van der Waals surface area (Å²) in [6.07, 6.45) is 2.25. The first kappa shape index (κ1) is 22.8. The van der Waals surface area contributed by atoms with E-state index in [0.29, 0.717) is 5.92 Å². The minimum atomic E-state index is 0.0260. The number of hydrogen-bond acceptors (Lipinski definition) is 4. The molecule has 2 aromatic carbocycles. The molecule has 0 radical (unpaired) electrons. The molecule has 0 spiro atoms. The van der Waals surface area contributed by atoms with Crippen molar-refractivity contribution >= 4 is 27.5 Å². The monoisotopic (exact) mass is 472 g/mol. The number of aromatic nitrogens is 2. The molecule has 2 aromatic heterocycles. The van der Waals surface area contributed by atoms with Gasteiger partial charge in [0.05, 0.1) is 16.3 Å². The Bertz CT molecular complexity index is 1300. The van der Waals surface area contributed by atoms with Crippen LogP contribution in [0.25, 0.3) is 15.9 Å². The summed E-state index contributed by atoms with van der Waals surface area (Å²) < 4.78 is 1.94. The van der Waals surface area contributed by atoms with E-state index in [4.69, 9.17) is 0 Å². The van der Waals surface area contributed by atoms with Crippen LogP contribution in [0.2, 0.25) is 0 Å². The first-order valence-corrected chi connectivity index (χ1v) is 12.9. The molecule has 0 atom stereocenters. The van der Waals surface area contributed by atoms with Crippen LogP contribution in [0.1, 0.15) is 44.9 Å². The topological polar surface area (TPSA) is 50.2 Å². The number of carbonyl (C=O) groups excluding carboxylic acids is 1. The highest BCUT2D eigenvalue weighted by Gasteiger charge is 2.22. The van der Waals surface area contributed by atoms with E-state index in [2.05, 4.69) is 47.4 Å². The molecular formula is C28H32N4OS. The maximum atomic E-state index is 12.9. The third kappa shape index (κ3) is 4.79. The lowest BCUT2D eigenvalue weighted by Crippen LogP contribution is -2.38. The van der Waals surface area contributed by atoms with Crippen LogP contribution in [-0.2, 0) is 6.54 Å². The second kappa shape index (κ2) is 9.72. The quantitative estimate of drug-likeness (QED) is 0.394. The smallest absolute Gasteiger partial charge is 0.261 e. The standard InChI is InChI=1S/C28H32N4OS/c1-19-9-10-20(2)23(15-19)18-31-13-11-22(12-14-31)17-29-27(33)26-16-25-21(3)30-32(28(25)34-26)24-7-5-4-6-8-24/h4-10,15-16,22H,11-14,17-18H2,1-3H3,(H,29,33). The Labute approximate surface area is 205 Å². The van der Waals surface area contributed by atoms with E-state index in [9.17, 15) is 4.79 Å². The first-order chi connectivity index (χ1) is 16.5. The Kier molecular flexibility index (Phi) is 6.53. The molecule has 5 rings (SSSR count). The number of carbonyl (C=O) groups is 1. The third-order valence-electron chi connectivity index (χ3n) is 6.93. The van der Waals surface area contributed by atoms with Gasteiger partial charge in [-0.25, -0.2) is 4.68 Å². The molecule has 3 heterocycles. The van der Waals surface area contributed by atoms with Gasteiger partial charge in [0.15, 0.2) is 0 Å². The summed E-state index contributed by atoms with van der Waals surface area (Å²) in [5.41, 5.74) is 6.09. The van der Waals surface area contributed by atoms with Gasteiger partial charge in [0.1, 0.15) is 4.83 Å². The number of aryl methyl sites for hydroxylation is 3. The minimum Gasteiger partial charge on any atom is -0.351 e. The Hall–Kier alpha value is -2.96. The number of hydrogen-bond donors (Lipinski definition) is 1. The van der Waals surface area contributed by atoms with Crippen molar-refractivity contribution in [3.63, 3.8) is 0 Å². The number of likely N-dealkylation sites (tertiary alicyclic amines) is 1. The van der Waals surface area contributed by atoms with E-state index in [1.807, 2.05) is 48.0 Å². The summed E-state index contributed by atoms with van der Waals surface area (Å²) >= 11 is 1.52. The SMILES string of the molecule is Cc1ccc(C)c(CN2CCC(CNC(=O)c3cc4c(C)nn(-c5ccccc5)c4s3)CC2)c1. The summed E-state index contributed by atoms with van der Waals surface area (Å²) in [5, 5.41) is 8.93. The number of rotatable bonds is 6. The number of benzene rings is 2. The highest BCUT2D eigenvalue weighted by Crippen LogP contribution is 2.30. The fraction of sp³-hybridized carbons (Fsp3) is 0.357. The Balaban J connectivity index is 1.17. The zero-order valence-corrected chi connectivity index (χ0v) is 21.0. The van der Waals surface area contributed by atoms with E-state index in [-0.39, 0.29) is 5.91 Å². The molecule has 6 heteroatoms. The summed E-state index contributed by atoms with van der Waals surface area (Å²) in [4.78, 5) is 17.3. The van der Waals surface area contributed by atoms with Gasteiger partial charge >= 0.3 is 0 Å². The van der Waals surface area contributed by atoms with Gasteiger partial charge in [0.25, 0.3) is 5.91 Å². The van der Waals surface area contributed by atoms with E-state index >= 15 is 0 Å². The summed E-state index contributed by atoms with van der Waals surface area (Å²) in [7, 11) is 0. The van der Waals surface area contributed by atoms with Crippen molar-refractivity contribution in [2.45, 2.75) is 40.2 Å². The number of nitrogens with one attached hydrogen (secondary N) is 1. The molecule has 1 amide bonds. The molecule has 0 saturated carbocycles. The molecule has 1 saturated heterocycles. The normalized spacial score (nSPS) is 15.1. The van der Waals surface area contributed by atoms with E-state index in [0.717, 1.165) is 65.5 Å². The Morgan fingerprint density at radius 1 is 1.06 bits per heavy atom. The summed E-state index contributed by atoms with van der Waals surface area (Å²) in [6, 6.07) is 18.8. The lowest BCUT2D eigenvalue weighted by Gasteiger charge is -2.32. The average molecular weight is 473 g/mol. The molecule has 0 bridgehead atoms. The van der Waals surface area contributed by atoms with Crippen molar-refractivity contribution in [1.82, 2.24) is 20.0 Å². The van der Waals surface area contributed by atoms with Gasteiger partial charge < -0.3 is 5.32 Å². The Morgan fingerprint density at radius 3 is 2.59 bits per heavy atom. The van der Waals surface area contributed by atoms with Crippen LogP contribution in [-0.4, -0.2) is 40.2 Å². The van der Waals surface area contributed by atoms with Crippen LogP contribution in [0.4, 0.5) is 0 Å². The van der Waals surface area contributed by atoms with Gasteiger partial charge in [0, 0.05) is 18.5 Å². The summed E-state index contributed by atoms with van der Waals surface area (Å²) in [6.45, 7) is 10.3. The largest absolute Gasteiger partial charge is 0.351 e. The molecule has 0 unspecified atom stereocenters. The molecule has 34 heavy (non-hydrogen) atoms. The van der Waals surface area contributed by atoms with Crippen molar-refractivity contribution in [1.29, 1.82) is 0 Å². The fourth-order valence-electron chi connectivity index (χ4n) is 4.79. The van der Waals surface area contributed by atoms with Gasteiger partial charge in [-0.3, -0.25) is 9.69 Å². The van der Waals surface area contributed by atoms with Gasteiger partial charge in [-0.15, -0.1) is 11.3 Å². The number of piperidine rings is 1. The lowest BCUT2D eigenvalue weighted by molar-refractivity contribution is 0.0939. The Morgan fingerprint density at radius 2 is 1.82 bits per heavy atom. The second-order valence-corrected chi connectivity index (χ2v) is 10.6. The number of thiophene rings is 1. The third-order valence-corrected chi connectivity index (χ3v) is 8.04. The highest BCUT2D eigenvalue weighted by atomic mass is 32.1. The van der Waals surface area contributed by atoms with Gasteiger partial charge in [0.2, 0.25) is 0 Å². The van der Waals surface area contributed by atoms with Gasteiger partial charge in [-0.05, 0) is 81.9 Å². The maximum absolute atomic E-state index is 12.9. The average Bonchev–Trinajstić information content (AvgIpc) is 3.42. The summed E-state index contributed by atoms with van der Waals surface area (Å²) in [5.74, 6) is 0.563. The van der Waals surface area contributed by atoms with E-state index in [1.165, 1.54) is 28.0 Å². The number of nitrogens with zero attached hydrogens (tertiary/aromatic N) is 3. The zero-order valence-electron chi connectivity index (χ0n) is 20.2. The van der Waals surface area contributed by atoms with Crippen LogP contribution in [0, 0.1) is 26.7 Å². The number of fused-ring (bicyclic) bond motifs is 1. The molecular weight excluding hydrogens is 440 g/mol. The molecule has 1 aliphatic heterocycles. The van der Waals surface area contributed by atoms with Crippen LogP contribution < -0.4 is 5.32 Å². The second-order valence-electron chi connectivity index (χ2n) is 9.52. The lowest BCUT2D eigenvalue weighted by atomic mass is 9.96. The van der Waals surface area contributed by atoms with Gasteiger partial charge in [-0.2, -0.15) is 5.10 Å². The van der Waals surface area contributed by atoms with E-state index in [1.54, 1.807) is 0 Å². The van der Waals surface area contributed by atoms with Crippen LogP contribution in [0.3, 0.4) is 0 Å². The molecule has 1 aliphatic rings.